The molecule has 2 aliphatic carbocycles. The number of rotatable bonds is 6. The van der Waals surface area contributed by atoms with E-state index in [0.29, 0.717) is 23.2 Å². The van der Waals surface area contributed by atoms with Crippen molar-refractivity contribution in [2.75, 3.05) is 23.7 Å². The van der Waals surface area contributed by atoms with E-state index in [2.05, 4.69) is 4.90 Å². The first-order chi connectivity index (χ1) is 9.54. The second kappa shape index (κ2) is 4.96. The second-order valence-electron chi connectivity index (χ2n) is 5.99. The number of benzene rings is 1. The lowest BCUT2D eigenvalue weighted by Crippen LogP contribution is -2.29. The minimum absolute atomic E-state index is 0.352. The number of carboxylic acid groups (broad SMARTS) is 1. The van der Waals surface area contributed by atoms with Crippen molar-refractivity contribution in [2.24, 2.45) is 11.8 Å². The number of carboxylic acids is 1. The van der Waals surface area contributed by atoms with E-state index in [-0.39, 0.29) is 5.56 Å². The lowest BCUT2D eigenvalue weighted by molar-refractivity contribution is 0.0692. The maximum atomic E-state index is 13.9. The smallest absolute Gasteiger partial charge is 0.338 e. The molecule has 2 aliphatic rings. The van der Waals surface area contributed by atoms with Gasteiger partial charge in [0, 0.05) is 19.2 Å². The van der Waals surface area contributed by atoms with Gasteiger partial charge in [0.15, 0.2) is 0 Å². The Hall–Kier alpha value is -1.78. The topological polar surface area (TPSA) is 66.6 Å². The van der Waals surface area contributed by atoms with Crippen molar-refractivity contribution in [2.45, 2.75) is 25.7 Å². The predicted octanol–water partition coefficient (Wildman–Crippen LogP) is 2.73. The summed E-state index contributed by atoms with van der Waals surface area (Å²) < 4.78 is 13.9. The molecule has 3 rings (SSSR count). The van der Waals surface area contributed by atoms with E-state index >= 15 is 0 Å². The summed E-state index contributed by atoms with van der Waals surface area (Å²) in [6, 6.07) is 2.52. The average molecular weight is 278 g/mol. The SMILES string of the molecule is Nc1cc(C(=O)O)c(F)cc1N(CC1CC1)CC1CC1. The van der Waals surface area contributed by atoms with Crippen LogP contribution in [0.3, 0.4) is 0 Å². The number of nitrogens with two attached hydrogens (primary N) is 1. The summed E-state index contributed by atoms with van der Waals surface area (Å²) in [5, 5.41) is 8.92. The predicted molar refractivity (Wildman–Crippen MR) is 75.4 cm³/mol. The molecule has 2 saturated carbocycles. The van der Waals surface area contributed by atoms with Gasteiger partial charge in [0.25, 0.3) is 0 Å². The summed E-state index contributed by atoms with van der Waals surface area (Å²) in [6.45, 7) is 1.79. The van der Waals surface area contributed by atoms with Crippen LogP contribution in [0.4, 0.5) is 15.8 Å². The Morgan fingerprint density at radius 1 is 1.25 bits per heavy atom. The minimum Gasteiger partial charge on any atom is -0.478 e. The molecule has 0 atom stereocenters. The van der Waals surface area contributed by atoms with Gasteiger partial charge in [-0.2, -0.15) is 0 Å². The number of nitrogen functional groups attached to an aromatic ring is 1. The van der Waals surface area contributed by atoms with Crippen LogP contribution in [0.15, 0.2) is 12.1 Å². The van der Waals surface area contributed by atoms with E-state index in [1.807, 2.05) is 0 Å². The standard InChI is InChI=1S/C15H19FN2O2/c16-12-6-14(13(17)5-11(12)15(19)20)18(7-9-1-2-9)8-10-3-4-10/h5-6,9-10H,1-4,7-8,17H2,(H,19,20). The van der Waals surface area contributed by atoms with Crippen LogP contribution in [-0.2, 0) is 0 Å². The highest BCUT2D eigenvalue weighted by atomic mass is 19.1. The molecule has 0 aliphatic heterocycles. The highest BCUT2D eigenvalue weighted by molar-refractivity contribution is 5.91. The number of halogens is 1. The first kappa shape index (κ1) is 13.2. The molecule has 5 heteroatoms. The lowest BCUT2D eigenvalue weighted by Gasteiger charge is -2.26. The van der Waals surface area contributed by atoms with Crippen molar-refractivity contribution in [3.05, 3.63) is 23.5 Å². The summed E-state index contributed by atoms with van der Waals surface area (Å²) in [7, 11) is 0. The average Bonchev–Trinajstić information content (AvgIpc) is 3.25. The van der Waals surface area contributed by atoms with Gasteiger partial charge < -0.3 is 15.7 Å². The Kier molecular flexibility index (Phi) is 3.28. The zero-order valence-electron chi connectivity index (χ0n) is 11.3. The maximum Gasteiger partial charge on any atom is 0.338 e. The van der Waals surface area contributed by atoms with Crippen LogP contribution >= 0.6 is 0 Å². The molecule has 0 bridgehead atoms. The first-order valence-electron chi connectivity index (χ1n) is 7.12. The molecule has 3 N–H and O–H groups in total. The summed E-state index contributed by atoms with van der Waals surface area (Å²) in [4.78, 5) is 13.1. The molecule has 0 aromatic heterocycles. The molecule has 4 nitrogen and oxygen atoms in total. The third-order valence-corrected chi connectivity index (χ3v) is 4.04. The van der Waals surface area contributed by atoms with Crippen molar-refractivity contribution >= 4 is 17.3 Å². The molecule has 0 saturated heterocycles. The summed E-state index contributed by atoms with van der Waals surface area (Å²) in [5.41, 5.74) is 6.59. The van der Waals surface area contributed by atoms with Crippen molar-refractivity contribution in [1.29, 1.82) is 0 Å². The van der Waals surface area contributed by atoms with E-state index in [0.717, 1.165) is 13.1 Å². The van der Waals surface area contributed by atoms with Gasteiger partial charge in [0.1, 0.15) is 5.82 Å². The molecule has 2 fully saturated rings. The molecule has 1 aromatic rings. The van der Waals surface area contributed by atoms with Gasteiger partial charge in [-0.25, -0.2) is 9.18 Å². The van der Waals surface area contributed by atoms with Crippen molar-refractivity contribution in [3.63, 3.8) is 0 Å². The van der Waals surface area contributed by atoms with E-state index in [1.54, 1.807) is 0 Å². The normalized spacial score (nSPS) is 18.1. The van der Waals surface area contributed by atoms with Crippen LogP contribution in [-0.4, -0.2) is 24.2 Å². The molecule has 0 amide bonds. The number of carbonyl (C=O) groups is 1. The van der Waals surface area contributed by atoms with Crippen molar-refractivity contribution in [1.82, 2.24) is 0 Å². The first-order valence-corrected chi connectivity index (χ1v) is 7.12. The summed E-state index contributed by atoms with van der Waals surface area (Å²) in [6.07, 6.45) is 4.88. The molecule has 1 aromatic carbocycles. The Labute approximate surface area is 117 Å². The summed E-state index contributed by atoms with van der Waals surface area (Å²) in [5.74, 6) is -0.638. The highest BCUT2D eigenvalue weighted by Crippen LogP contribution is 2.37. The number of aromatic carboxylic acids is 1. The number of hydrogen-bond acceptors (Lipinski definition) is 3. The van der Waals surface area contributed by atoms with E-state index < -0.39 is 11.8 Å². The molecule has 20 heavy (non-hydrogen) atoms. The van der Waals surface area contributed by atoms with Crippen LogP contribution in [0, 0.1) is 17.7 Å². The number of hydrogen-bond donors (Lipinski definition) is 2. The summed E-state index contributed by atoms with van der Waals surface area (Å²) >= 11 is 0. The van der Waals surface area contributed by atoms with Gasteiger partial charge in [-0.15, -0.1) is 0 Å². The largest absolute Gasteiger partial charge is 0.478 e. The Balaban J connectivity index is 1.87. The van der Waals surface area contributed by atoms with E-state index in [4.69, 9.17) is 10.8 Å². The van der Waals surface area contributed by atoms with Gasteiger partial charge >= 0.3 is 5.97 Å². The quantitative estimate of drug-likeness (QED) is 0.785. The van der Waals surface area contributed by atoms with Gasteiger partial charge in [0.2, 0.25) is 0 Å². The van der Waals surface area contributed by atoms with Crippen molar-refractivity contribution in [3.8, 4) is 0 Å². The third-order valence-electron chi connectivity index (χ3n) is 4.04. The third kappa shape index (κ3) is 2.86. The van der Waals surface area contributed by atoms with Gasteiger partial charge in [-0.05, 0) is 43.6 Å². The molecule has 0 unspecified atom stereocenters. The lowest BCUT2D eigenvalue weighted by atomic mass is 10.1. The fraction of sp³-hybridized carbons (Fsp3) is 0.533. The molecule has 0 radical (unpaired) electrons. The Morgan fingerprint density at radius 2 is 1.80 bits per heavy atom. The van der Waals surface area contributed by atoms with Gasteiger partial charge in [-0.1, -0.05) is 0 Å². The molecular formula is C15H19FN2O2. The van der Waals surface area contributed by atoms with Crippen LogP contribution < -0.4 is 10.6 Å². The number of nitrogens with zero attached hydrogens (tertiary/aromatic N) is 1. The van der Waals surface area contributed by atoms with Crippen LogP contribution in [0.1, 0.15) is 36.0 Å². The van der Waals surface area contributed by atoms with Gasteiger partial charge in [0.05, 0.1) is 16.9 Å². The fourth-order valence-electron chi connectivity index (χ4n) is 2.51. The van der Waals surface area contributed by atoms with Crippen LogP contribution in [0.25, 0.3) is 0 Å². The minimum atomic E-state index is -1.28. The van der Waals surface area contributed by atoms with Crippen molar-refractivity contribution < 1.29 is 14.3 Å². The monoisotopic (exact) mass is 278 g/mol. The molecule has 108 valence electrons. The Morgan fingerprint density at radius 3 is 2.25 bits per heavy atom. The maximum absolute atomic E-state index is 13.9. The second-order valence-corrected chi connectivity index (χ2v) is 5.99. The Bertz CT molecular complexity index is 525. The molecular weight excluding hydrogens is 259 g/mol. The van der Waals surface area contributed by atoms with E-state index in [9.17, 15) is 9.18 Å². The zero-order valence-corrected chi connectivity index (χ0v) is 11.3. The zero-order chi connectivity index (χ0) is 14.3. The van der Waals surface area contributed by atoms with Crippen LogP contribution in [0.2, 0.25) is 0 Å². The van der Waals surface area contributed by atoms with Gasteiger partial charge in [-0.3, -0.25) is 0 Å². The fourth-order valence-corrected chi connectivity index (χ4v) is 2.51. The molecule has 0 heterocycles. The number of anilines is 2. The highest BCUT2D eigenvalue weighted by Gasteiger charge is 2.30. The van der Waals surface area contributed by atoms with E-state index in [1.165, 1.54) is 37.8 Å². The molecule has 0 spiro atoms. The van der Waals surface area contributed by atoms with Crippen LogP contribution in [0.5, 0.6) is 0 Å².